The number of fused-ring (bicyclic) bond motifs is 2. The molecule has 1 N–H and O–H groups in total. The highest BCUT2D eigenvalue weighted by Gasteiger charge is 2.22. The third-order valence-corrected chi connectivity index (χ3v) is 5.22. The summed E-state index contributed by atoms with van der Waals surface area (Å²) in [5.41, 5.74) is 5.50. The first-order valence-corrected chi connectivity index (χ1v) is 9.72. The van der Waals surface area contributed by atoms with Crippen LogP contribution < -0.4 is 5.32 Å². The fraction of sp³-hybridized carbons (Fsp3) is 0.0800. The number of carbonyl (C=O) groups excluding carboxylic acids is 2. The molecule has 5 rings (SSSR count). The standard InChI is InChI=1S/C25H18N2O3/c28-23-14-20-18(9-5-11-21(20)26-23)19-10-4-8-17-12-13-22(27-24(17)19)25(29)30-15-16-6-2-1-3-7-16/h1-13H,14-15H2,(H,26,28). The lowest BCUT2D eigenvalue weighted by Crippen LogP contribution is -2.07. The molecule has 5 nitrogen and oxygen atoms in total. The van der Waals surface area contributed by atoms with Crippen molar-refractivity contribution in [3.05, 3.63) is 95.7 Å². The molecule has 0 bridgehead atoms. The summed E-state index contributed by atoms with van der Waals surface area (Å²) in [4.78, 5) is 29.1. The van der Waals surface area contributed by atoms with Crippen LogP contribution in [0.2, 0.25) is 0 Å². The van der Waals surface area contributed by atoms with E-state index < -0.39 is 5.97 Å². The average molecular weight is 394 g/mol. The van der Waals surface area contributed by atoms with E-state index in [-0.39, 0.29) is 18.2 Å². The van der Waals surface area contributed by atoms with E-state index in [4.69, 9.17) is 4.74 Å². The molecule has 0 aliphatic carbocycles. The van der Waals surface area contributed by atoms with Crippen LogP contribution in [-0.4, -0.2) is 16.9 Å². The first kappa shape index (κ1) is 18.1. The second-order valence-corrected chi connectivity index (χ2v) is 7.19. The molecule has 2 heterocycles. The number of nitrogens with one attached hydrogen (secondary N) is 1. The minimum absolute atomic E-state index is 0.0178. The minimum Gasteiger partial charge on any atom is -0.456 e. The Kier molecular flexibility index (Phi) is 4.48. The third-order valence-electron chi connectivity index (χ3n) is 5.22. The summed E-state index contributed by atoms with van der Waals surface area (Å²) in [6.45, 7) is 0.195. The number of rotatable bonds is 4. The highest BCUT2D eigenvalue weighted by atomic mass is 16.5. The van der Waals surface area contributed by atoms with E-state index in [0.717, 1.165) is 33.3 Å². The molecule has 0 unspecified atom stereocenters. The van der Waals surface area contributed by atoms with Gasteiger partial charge in [0, 0.05) is 16.6 Å². The number of hydrogen-bond acceptors (Lipinski definition) is 4. The first-order chi connectivity index (χ1) is 14.7. The Balaban J connectivity index is 1.52. The van der Waals surface area contributed by atoms with Gasteiger partial charge in [-0.2, -0.15) is 0 Å². The normalized spacial score (nSPS) is 12.5. The van der Waals surface area contributed by atoms with Crippen LogP contribution in [0, 0.1) is 0 Å². The second-order valence-electron chi connectivity index (χ2n) is 7.19. The van der Waals surface area contributed by atoms with Crippen molar-refractivity contribution >= 4 is 28.5 Å². The molecule has 0 saturated carbocycles. The van der Waals surface area contributed by atoms with Gasteiger partial charge in [-0.25, -0.2) is 9.78 Å². The van der Waals surface area contributed by atoms with Gasteiger partial charge in [0.1, 0.15) is 12.3 Å². The van der Waals surface area contributed by atoms with E-state index in [9.17, 15) is 9.59 Å². The Morgan fingerprint density at radius 1 is 0.900 bits per heavy atom. The van der Waals surface area contributed by atoms with Gasteiger partial charge in [0.15, 0.2) is 0 Å². The van der Waals surface area contributed by atoms with Crippen LogP contribution >= 0.6 is 0 Å². The van der Waals surface area contributed by atoms with Crippen LogP contribution in [-0.2, 0) is 22.6 Å². The van der Waals surface area contributed by atoms with E-state index in [1.165, 1.54) is 0 Å². The van der Waals surface area contributed by atoms with E-state index >= 15 is 0 Å². The fourth-order valence-corrected chi connectivity index (χ4v) is 3.78. The van der Waals surface area contributed by atoms with Crippen molar-refractivity contribution in [2.24, 2.45) is 0 Å². The van der Waals surface area contributed by atoms with Gasteiger partial charge in [0.05, 0.1) is 11.9 Å². The molecule has 5 heteroatoms. The van der Waals surface area contributed by atoms with E-state index in [1.54, 1.807) is 6.07 Å². The Morgan fingerprint density at radius 3 is 2.57 bits per heavy atom. The quantitative estimate of drug-likeness (QED) is 0.507. The van der Waals surface area contributed by atoms with Crippen molar-refractivity contribution in [3.8, 4) is 11.1 Å². The molecule has 30 heavy (non-hydrogen) atoms. The zero-order chi connectivity index (χ0) is 20.5. The number of para-hydroxylation sites is 1. The molecule has 1 aromatic heterocycles. The van der Waals surface area contributed by atoms with Crippen LogP contribution in [0.1, 0.15) is 21.6 Å². The number of aromatic nitrogens is 1. The zero-order valence-corrected chi connectivity index (χ0v) is 16.1. The van der Waals surface area contributed by atoms with Gasteiger partial charge >= 0.3 is 5.97 Å². The number of carbonyl (C=O) groups is 2. The van der Waals surface area contributed by atoms with Crippen LogP contribution in [0.15, 0.2) is 78.9 Å². The van der Waals surface area contributed by atoms with E-state index in [2.05, 4.69) is 10.3 Å². The van der Waals surface area contributed by atoms with Crippen LogP contribution in [0.3, 0.4) is 0 Å². The maximum atomic E-state index is 12.6. The van der Waals surface area contributed by atoms with Crippen molar-refractivity contribution in [3.63, 3.8) is 0 Å². The summed E-state index contributed by atoms with van der Waals surface area (Å²) < 4.78 is 5.44. The number of hydrogen-bond donors (Lipinski definition) is 1. The lowest BCUT2D eigenvalue weighted by atomic mass is 9.95. The Bertz CT molecular complexity index is 1280. The molecule has 4 aromatic rings. The largest absolute Gasteiger partial charge is 0.456 e. The Labute approximate surface area is 173 Å². The number of esters is 1. The number of benzene rings is 3. The number of nitrogens with zero attached hydrogens (tertiary/aromatic N) is 1. The van der Waals surface area contributed by atoms with Gasteiger partial charge in [-0.15, -0.1) is 0 Å². The zero-order valence-electron chi connectivity index (χ0n) is 16.1. The summed E-state index contributed by atoms with van der Waals surface area (Å²) in [7, 11) is 0. The lowest BCUT2D eigenvalue weighted by Gasteiger charge is -2.11. The fourth-order valence-electron chi connectivity index (χ4n) is 3.78. The van der Waals surface area contributed by atoms with E-state index in [1.807, 2.05) is 72.8 Å². The number of pyridine rings is 1. The van der Waals surface area contributed by atoms with Gasteiger partial charge in [0.25, 0.3) is 0 Å². The molecule has 0 saturated heterocycles. The Morgan fingerprint density at radius 2 is 1.70 bits per heavy atom. The molecule has 0 fully saturated rings. The summed E-state index contributed by atoms with van der Waals surface area (Å²) >= 11 is 0. The maximum absolute atomic E-state index is 12.6. The van der Waals surface area contributed by atoms with Gasteiger partial charge in [-0.3, -0.25) is 4.79 Å². The van der Waals surface area contributed by atoms with Gasteiger partial charge in [-0.1, -0.05) is 66.7 Å². The van der Waals surface area contributed by atoms with E-state index in [0.29, 0.717) is 11.9 Å². The third kappa shape index (κ3) is 3.31. The van der Waals surface area contributed by atoms with Gasteiger partial charge in [-0.05, 0) is 28.8 Å². The van der Waals surface area contributed by atoms with Gasteiger partial charge in [0.2, 0.25) is 5.91 Å². The highest BCUT2D eigenvalue weighted by Crippen LogP contribution is 2.36. The Hall–Kier alpha value is -3.99. The number of anilines is 1. The van der Waals surface area contributed by atoms with Crippen LogP contribution in [0.25, 0.3) is 22.0 Å². The van der Waals surface area contributed by atoms with Crippen molar-refractivity contribution in [1.82, 2.24) is 4.98 Å². The van der Waals surface area contributed by atoms with Gasteiger partial charge < -0.3 is 10.1 Å². The SMILES string of the molecule is O=C1Cc2c(cccc2-c2cccc3ccc(C(=O)OCc4ccccc4)nc23)N1. The molecule has 1 amide bonds. The lowest BCUT2D eigenvalue weighted by molar-refractivity contribution is -0.115. The molecule has 1 aliphatic rings. The van der Waals surface area contributed by atoms with Crippen molar-refractivity contribution in [1.29, 1.82) is 0 Å². The molecule has 1 aliphatic heterocycles. The maximum Gasteiger partial charge on any atom is 0.357 e. The monoisotopic (exact) mass is 394 g/mol. The average Bonchev–Trinajstić information content (AvgIpc) is 3.17. The van der Waals surface area contributed by atoms with Crippen molar-refractivity contribution in [2.45, 2.75) is 13.0 Å². The first-order valence-electron chi connectivity index (χ1n) is 9.72. The molecule has 0 spiro atoms. The highest BCUT2D eigenvalue weighted by molar-refractivity contribution is 6.04. The van der Waals surface area contributed by atoms with Crippen LogP contribution in [0.5, 0.6) is 0 Å². The predicted molar refractivity (Wildman–Crippen MR) is 115 cm³/mol. The van der Waals surface area contributed by atoms with Crippen molar-refractivity contribution in [2.75, 3.05) is 5.32 Å². The molecular formula is C25H18N2O3. The predicted octanol–water partition coefficient (Wildman–Crippen LogP) is 4.75. The summed E-state index contributed by atoms with van der Waals surface area (Å²) in [6.07, 6.45) is 0.334. The summed E-state index contributed by atoms with van der Waals surface area (Å²) in [5, 5.41) is 3.80. The summed E-state index contributed by atoms with van der Waals surface area (Å²) in [6, 6.07) is 24.8. The molecule has 0 atom stereocenters. The molecule has 146 valence electrons. The molecular weight excluding hydrogens is 376 g/mol. The second kappa shape index (κ2) is 7.44. The molecule has 3 aromatic carbocycles. The topological polar surface area (TPSA) is 68.3 Å². The number of amides is 1. The smallest absolute Gasteiger partial charge is 0.357 e. The van der Waals surface area contributed by atoms with Crippen molar-refractivity contribution < 1.29 is 14.3 Å². The molecule has 0 radical (unpaired) electrons. The minimum atomic E-state index is -0.467. The summed E-state index contributed by atoms with van der Waals surface area (Å²) in [5.74, 6) is -0.485. The number of ether oxygens (including phenoxy) is 1. The van der Waals surface area contributed by atoms with Crippen LogP contribution in [0.4, 0.5) is 5.69 Å².